The fourth-order valence-corrected chi connectivity index (χ4v) is 8.73. The number of hydrogen-bond acceptors (Lipinski definition) is 14. The van der Waals surface area contributed by atoms with E-state index >= 15 is 0 Å². The number of carbonyl (C=O) groups excluding carboxylic acids is 4. The number of hydrogen-bond donors (Lipinski definition) is 6. The van der Waals surface area contributed by atoms with Gasteiger partial charge in [0.15, 0.2) is 11.5 Å². The molecule has 4 aromatic rings. The molecule has 2 aliphatic heterocycles. The van der Waals surface area contributed by atoms with Crippen LogP contribution in [0.4, 0.5) is 11.5 Å². The Kier molecular flexibility index (Phi) is 17.2. The number of aliphatic hydroxyl groups is 1. The van der Waals surface area contributed by atoms with Crippen molar-refractivity contribution in [2.45, 2.75) is 71.7 Å². The lowest BCUT2D eigenvalue weighted by Crippen LogP contribution is -2.58. The van der Waals surface area contributed by atoms with Crippen LogP contribution < -0.4 is 31.6 Å². The fourth-order valence-electron chi connectivity index (χ4n) is 7.86. The Bertz CT molecular complexity index is 2230. The van der Waals surface area contributed by atoms with E-state index in [-0.39, 0.29) is 69.4 Å². The third-order valence-corrected chi connectivity index (χ3v) is 12.5. The number of H-pyrrole nitrogens is 1. The van der Waals surface area contributed by atoms with Gasteiger partial charge in [-0.1, -0.05) is 68.5 Å². The van der Waals surface area contributed by atoms with Crippen LogP contribution in [-0.2, 0) is 39.9 Å². The number of aliphatic hydroxyl groups excluding tert-OH is 1. The Balaban J connectivity index is 0.824. The third kappa shape index (κ3) is 13.4. The zero-order chi connectivity index (χ0) is 46.5. The van der Waals surface area contributed by atoms with Crippen LogP contribution in [0.2, 0.25) is 0 Å². The largest absolute Gasteiger partial charge is 0.507 e. The monoisotopic (exact) mass is 916 g/mol. The quantitative estimate of drug-likeness (QED) is 0.0699. The number of nitrogens with zero attached hydrogens (tertiary/aromatic N) is 4. The Morgan fingerprint density at radius 3 is 2.31 bits per heavy atom. The Hall–Kier alpha value is -5.73. The first-order valence-electron chi connectivity index (χ1n) is 22.0. The van der Waals surface area contributed by atoms with Crippen LogP contribution in [0.3, 0.4) is 0 Å². The lowest BCUT2D eigenvalue weighted by atomic mass is 9.85. The summed E-state index contributed by atoms with van der Waals surface area (Å²) >= 11 is 1.62. The van der Waals surface area contributed by atoms with Crippen LogP contribution in [0.15, 0.2) is 60.1 Å². The number of nitrogens with two attached hydrogens (primary N) is 1. The van der Waals surface area contributed by atoms with E-state index in [9.17, 15) is 29.4 Å². The predicted molar refractivity (Wildman–Crippen MR) is 244 cm³/mol. The topological polar surface area (TPSA) is 245 Å². The summed E-state index contributed by atoms with van der Waals surface area (Å²) in [6.07, 6.45) is 0.504. The van der Waals surface area contributed by atoms with E-state index in [0.29, 0.717) is 62.8 Å². The summed E-state index contributed by atoms with van der Waals surface area (Å²) in [5.74, 6) is -1.10. The summed E-state index contributed by atoms with van der Waals surface area (Å²) in [6.45, 7) is 10.3. The van der Waals surface area contributed by atoms with Gasteiger partial charge in [-0.2, -0.15) is 0 Å². The summed E-state index contributed by atoms with van der Waals surface area (Å²) in [6, 6.07) is 14.8. The molecule has 65 heavy (non-hydrogen) atoms. The number of para-hydroxylation sites is 1. The van der Waals surface area contributed by atoms with Crippen molar-refractivity contribution in [3.8, 4) is 27.4 Å². The first-order chi connectivity index (χ1) is 31.2. The third-order valence-electron chi connectivity index (χ3n) is 11.5. The molecule has 2 aromatic heterocycles. The van der Waals surface area contributed by atoms with Crippen LogP contribution in [0.1, 0.15) is 51.3 Å². The number of ether oxygens (including phenoxy) is 3. The van der Waals surface area contributed by atoms with Crippen molar-refractivity contribution in [1.82, 2.24) is 31.0 Å². The highest BCUT2D eigenvalue weighted by Crippen LogP contribution is 2.33. The number of thiazole rings is 1. The molecule has 6 rings (SSSR count). The molecule has 2 fully saturated rings. The molecule has 2 aromatic carbocycles. The van der Waals surface area contributed by atoms with Gasteiger partial charge in [-0.15, -0.1) is 10.2 Å². The molecule has 0 radical (unpaired) electrons. The van der Waals surface area contributed by atoms with Crippen LogP contribution in [-0.4, -0.2) is 133 Å². The second-order valence-electron chi connectivity index (χ2n) is 17.4. The maximum absolute atomic E-state index is 13.9. The summed E-state index contributed by atoms with van der Waals surface area (Å²) in [5.41, 5.74) is 12.2. The number of aryl methyl sites for hydroxylation is 1. The van der Waals surface area contributed by atoms with E-state index in [1.807, 2.05) is 69.6 Å². The zero-order valence-corrected chi connectivity index (χ0v) is 38.3. The van der Waals surface area contributed by atoms with E-state index < -0.39 is 35.4 Å². The first kappa shape index (κ1) is 48.7. The number of anilines is 2. The van der Waals surface area contributed by atoms with E-state index in [1.54, 1.807) is 29.5 Å². The van der Waals surface area contributed by atoms with Crippen molar-refractivity contribution < 1.29 is 48.6 Å². The highest BCUT2D eigenvalue weighted by atomic mass is 32.1. The number of piperidine rings is 1. The van der Waals surface area contributed by atoms with Crippen molar-refractivity contribution in [1.29, 1.82) is 0 Å². The molecule has 0 spiro atoms. The SMILES string of the molecule is Cc1[nH+]csc1-c1ccc(CNC(=O)[C@@H]2C[C@@H](O)CN2C(=O)[C@@H](NC(=O)COCCOCCOCCNC(=O)C2CCN(c3cc(-c4ccccc4O)nnc3N)CC2)C(C)(C)C)cc1. The molecule has 3 atom stereocenters. The molecule has 8 N–H and O–H groups in total. The van der Waals surface area contributed by atoms with Crippen LogP contribution in [0.25, 0.3) is 21.7 Å². The van der Waals surface area contributed by atoms with Gasteiger partial charge < -0.3 is 55.9 Å². The van der Waals surface area contributed by atoms with Gasteiger partial charge in [0.2, 0.25) is 29.1 Å². The van der Waals surface area contributed by atoms with Crippen molar-refractivity contribution in [3.05, 3.63) is 71.4 Å². The summed E-state index contributed by atoms with van der Waals surface area (Å²) in [4.78, 5) is 60.9. The van der Waals surface area contributed by atoms with Gasteiger partial charge in [0.25, 0.3) is 0 Å². The molecule has 18 nitrogen and oxygen atoms in total. The van der Waals surface area contributed by atoms with Gasteiger partial charge >= 0.3 is 0 Å². The number of nitrogen functional groups attached to an aromatic ring is 1. The normalized spacial score (nSPS) is 17.2. The molecule has 350 valence electrons. The molecule has 0 unspecified atom stereocenters. The highest BCUT2D eigenvalue weighted by molar-refractivity contribution is 7.13. The van der Waals surface area contributed by atoms with Gasteiger partial charge in [0.05, 0.1) is 50.5 Å². The number of aromatic amines is 1. The van der Waals surface area contributed by atoms with Gasteiger partial charge in [0, 0.05) is 57.5 Å². The number of nitrogens with one attached hydrogen (secondary N) is 4. The lowest BCUT2D eigenvalue weighted by molar-refractivity contribution is -0.379. The molecule has 2 saturated heterocycles. The maximum atomic E-state index is 13.9. The number of phenolic OH excluding ortho intramolecular Hbond substituents is 1. The number of benzene rings is 2. The van der Waals surface area contributed by atoms with Crippen molar-refractivity contribution >= 4 is 46.5 Å². The van der Waals surface area contributed by atoms with Gasteiger partial charge in [0.1, 0.15) is 29.3 Å². The summed E-state index contributed by atoms with van der Waals surface area (Å²) in [5, 5.41) is 37.7. The average molecular weight is 917 g/mol. The molecular formula is C46H62N9O9S+. The smallest absolute Gasteiger partial charge is 0.246 e. The standard InChI is InChI=1S/C46H61N9O9S/c1-29-40(65-28-50-29)31-11-9-30(10-12-31)25-49-44(60)37-23-33(56)26-55(37)45(61)41(46(2,3)4)51-39(58)27-64-22-21-63-20-19-62-18-15-48-43(59)32-13-16-54(17-14-32)36-24-35(52-53-42(36)47)34-7-5-6-8-38(34)57/h5-12,24,28,32-33,37,41,56-57H,13-23,25-27H2,1-4H3,(H2,47,53)(H,48,59)(H,49,60)(H,51,58)/p+1/t33-,37+,41-/m1/s1. The minimum Gasteiger partial charge on any atom is -0.507 e. The molecular weight excluding hydrogens is 855 g/mol. The zero-order valence-electron chi connectivity index (χ0n) is 37.5. The van der Waals surface area contributed by atoms with Crippen LogP contribution >= 0.6 is 11.3 Å². The van der Waals surface area contributed by atoms with Gasteiger partial charge in [-0.3, -0.25) is 19.2 Å². The number of amides is 4. The molecule has 4 amide bonds. The maximum Gasteiger partial charge on any atom is 0.246 e. The van der Waals surface area contributed by atoms with Gasteiger partial charge in [-0.05, 0) is 47.6 Å². The minimum atomic E-state index is -0.974. The molecule has 2 aliphatic rings. The van der Waals surface area contributed by atoms with Gasteiger partial charge in [-0.25, -0.2) is 4.98 Å². The number of carbonyl (C=O) groups is 4. The molecule has 0 aliphatic carbocycles. The van der Waals surface area contributed by atoms with Crippen LogP contribution in [0, 0.1) is 18.3 Å². The predicted octanol–water partition coefficient (Wildman–Crippen LogP) is 2.47. The number of phenols is 1. The number of β-amino-alcohol motifs (C(OH)–C–C–N with tert-alkyl or cyclic N) is 1. The minimum absolute atomic E-state index is 0.0222. The van der Waals surface area contributed by atoms with Crippen molar-refractivity contribution in [3.63, 3.8) is 0 Å². The first-order valence-corrected chi connectivity index (χ1v) is 22.9. The van der Waals surface area contributed by atoms with Crippen molar-refractivity contribution in [2.24, 2.45) is 11.3 Å². The van der Waals surface area contributed by atoms with E-state index in [1.165, 1.54) is 4.90 Å². The van der Waals surface area contributed by atoms with E-state index in [4.69, 9.17) is 19.9 Å². The van der Waals surface area contributed by atoms with E-state index in [2.05, 4.69) is 36.0 Å². The van der Waals surface area contributed by atoms with E-state index in [0.717, 1.165) is 27.4 Å². The summed E-state index contributed by atoms with van der Waals surface area (Å²) in [7, 11) is 0. The Labute approximate surface area is 383 Å². The number of aromatic hydroxyl groups is 1. The number of likely N-dealkylation sites (tertiary alicyclic amines) is 1. The molecule has 0 saturated carbocycles. The average Bonchev–Trinajstić information content (AvgIpc) is 3.91. The van der Waals surface area contributed by atoms with Crippen molar-refractivity contribution in [2.75, 3.05) is 76.5 Å². The Morgan fingerprint density at radius 1 is 0.938 bits per heavy atom. The second-order valence-corrected chi connectivity index (χ2v) is 18.2. The second kappa shape index (κ2) is 22.9. The lowest BCUT2D eigenvalue weighted by Gasteiger charge is -2.35. The molecule has 19 heteroatoms. The summed E-state index contributed by atoms with van der Waals surface area (Å²) < 4.78 is 16.7. The Morgan fingerprint density at radius 2 is 1.63 bits per heavy atom. The number of aromatic nitrogens is 3. The number of rotatable bonds is 20. The molecule has 0 bridgehead atoms. The van der Waals surface area contributed by atoms with Crippen LogP contribution in [0.5, 0.6) is 5.75 Å². The molecule has 4 heterocycles. The highest BCUT2D eigenvalue weighted by Gasteiger charge is 2.44. The fraction of sp³-hybridized carbons (Fsp3) is 0.500.